The third-order valence-electron chi connectivity index (χ3n) is 4.19. The van der Waals surface area contributed by atoms with Crippen LogP contribution in [0.25, 0.3) is 0 Å². The molecule has 1 heterocycles. The first-order valence-corrected chi connectivity index (χ1v) is 9.03. The molecule has 0 aliphatic heterocycles. The van der Waals surface area contributed by atoms with Crippen LogP contribution in [0, 0.1) is 5.92 Å². The topological polar surface area (TPSA) is 55.4 Å². The van der Waals surface area contributed by atoms with Crippen LogP contribution in [0.2, 0.25) is 0 Å². The molecule has 1 aliphatic carbocycles. The number of carbonyl (C=O) groups is 2. The molecule has 0 radical (unpaired) electrons. The second-order valence-electron chi connectivity index (χ2n) is 6.24. The normalized spacial score (nSPS) is 16.3. The van der Waals surface area contributed by atoms with Crippen LogP contribution >= 0.6 is 11.3 Å². The average molecular weight is 343 g/mol. The van der Waals surface area contributed by atoms with E-state index in [2.05, 4.69) is 12.2 Å². The molecule has 4 nitrogen and oxygen atoms in total. The number of benzene rings is 1. The van der Waals surface area contributed by atoms with Crippen molar-refractivity contribution in [3.8, 4) is 0 Å². The average Bonchev–Trinajstić information content (AvgIpc) is 3.02. The molecule has 0 spiro atoms. The molecule has 0 fully saturated rings. The number of amides is 1. The van der Waals surface area contributed by atoms with E-state index in [1.807, 2.05) is 36.4 Å². The Balaban J connectivity index is 1.48. The van der Waals surface area contributed by atoms with Gasteiger partial charge in [0, 0.05) is 4.88 Å². The van der Waals surface area contributed by atoms with E-state index in [9.17, 15) is 9.59 Å². The third kappa shape index (κ3) is 4.23. The lowest BCUT2D eigenvalue weighted by Crippen LogP contribution is -2.30. The Kier molecular flexibility index (Phi) is 5.30. The number of rotatable bonds is 5. The number of carbonyl (C=O) groups excluding carboxylic acids is 2. The summed E-state index contributed by atoms with van der Waals surface area (Å²) < 4.78 is 5.16. The summed E-state index contributed by atoms with van der Waals surface area (Å²) in [7, 11) is 0. The van der Waals surface area contributed by atoms with Gasteiger partial charge < -0.3 is 10.1 Å². The first-order chi connectivity index (χ1) is 11.6. The summed E-state index contributed by atoms with van der Waals surface area (Å²) in [5, 5.41) is 2.65. The molecule has 1 amide bonds. The summed E-state index contributed by atoms with van der Waals surface area (Å²) in [6, 6.07) is 11.5. The Hall–Kier alpha value is -2.14. The van der Waals surface area contributed by atoms with E-state index in [1.165, 1.54) is 16.9 Å². The molecule has 5 heteroatoms. The van der Waals surface area contributed by atoms with Gasteiger partial charge in [-0.3, -0.25) is 9.59 Å². The van der Waals surface area contributed by atoms with Crippen LogP contribution in [0.4, 0.5) is 0 Å². The summed E-state index contributed by atoms with van der Waals surface area (Å²) in [4.78, 5) is 26.0. The van der Waals surface area contributed by atoms with E-state index in [1.54, 1.807) is 11.3 Å². The molecule has 1 unspecified atom stereocenters. The largest absolute Gasteiger partial charge is 0.460 e. The number of esters is 1. The van der Waals surface area contributed by atoms with Crippen molar-refractivity contribution in [1.29, 1.82) is 0 Å². The number of nitrogens with one attached hydrogen (secondary N) is 1. The van der Waals surface area contributed by atoms with E-state index in [0.717, 1.165) is 18.4 Å². The van der Waals surface area contributed by atoms with E-state index < -0.39 is 5.97 Å². The van der Waals surface area contributed by atoms with Gasteiger partial charge in [0.25, 0.3) is 5.91 Å². The summed E-state index contributed by atoms with van der Waals surface area (Å²) >= 11 is 1.54. The molecule has 126 valence electrons. The van der Waals surface area contributed by atoms with Gasteiger partial charge in [-0.15, -0.1) is 11.3 Å². The number of aryl methyl sites for hydroxylation is 1. The zero-order valence-electron chi connectivity index (χ0n) is 13.7. The fourth-order valence-electron chi connectivity index (χ4n) is 2.85. The number of thiophene rings is 1. The minimum atomic E-state index is -0.429. The number of hydrogen-bond acceptors (Lipinski definition) is 4. The Morgan fingerprint density at radius 2 is 2.08 bits per heavy atom. The Morgan fingerprint density at radius 3 is 2.88 bits per heavy atom. The van der Waals surface area contributed by atoms with Gasteiger partial charge in [-0.2, -0.15) is 0 Å². The van der Waals surface area contributed by atoms with Crippen LogP contribution in [0.5, 0.6) is 0 Å². The quantitative estimate of drug-likeness (QED) is 0.847. The van der Waals surface area contributed by atoms with Gasteiger partial charge >= 0.3 is 5.97 Å². The van der Waals surface area contributed by atoms with E-state index in [-0.39, 0.29) is 19.1 Å². The molecule has 1 N–H and O–H groups in total. The maximum atomic E-state index is 12.2. The van der Waals surface area contributed by atoms with Crippen LogP contribution in [0.15, 0.2) is 36.4 Å². The van der Waals surface area contributed by atoms with Crippen molar-refractivity contribution in [2.24, 2.45) is 5.92 Å². The lowest BCUT2D eigenvalue weighted by Gasteiger charge is -2.16. The molecule has 0 saturated carbocycles. The fourth-order valence-corrected chi connectivity index (χ4v) is 3.97. The maximum Gasteiger partial charge on any atom is 0.325 e. The standard InChI is InChI=1S/C19H21NO3S/c1-13-7-8-16-15(9-13)10-17(24-16)19(22)20-11-18(21)23-12-14-5-3-2-4-6-14/h2-6,10,13H,7-9,11-12H2,1H3,(H,20,22). The van der Waals surface area contributed by atoms with Gasteiger partial charge in [0.2, 0.25) is 0 Å². The van der Waals surface area contributed by atoms with Crippen molar-refractivity contribution in [1.82, 2.24) is 5.32 Å². The van der Waals surface area contributed by atoms with E-state index in [0.29, 0.717) is 10.8 Å². The minimum Gasteiger partial charge on any atom is -0.460 e. The summed E-state index contributed by atoms with van der Waals surface area (Å²) in [6.45, 7) is 2.36. The van der Waals surface area contributed by atoms with Crippen molar-refractivity contribution in [2.45, 2.75) is 32.8 Å². The van der Waals surface area contributed by atoms with Gasteiger partial charge in [-0.25, -0.2) is 0 Å². The molecule has 1 aliphatic rings. The van der Waals surface area contributed by atoms with Gasteiger partial charge in [-0.1, -0.05) is 37.3 Å². The first-order valence-electron chi connectivity index (χ1n) is 8.21. The third-order valence-corrected chi connectivity index (χ3v) is 5.42. The molecular weight excluding hydrogens is 322 g/mol. The number of fused-ring (bicyclic) bond motifs is 1. The van der Waals surface area contributed by atoms with Crippen molar-refractivity contribution in [3.05, 3.63) is 57.3 Å². The van der Waals surface area contributed by atoms with Crippen LogP contribution in [0.3, 0.4) is 0 Å². The van der Waals surface area contributed by atoms with Crippen molar-refractivity contribution in [3.63, 3.8) is 0 Å². The highest BCUT2D eigenvalue weighted by molar-refractivity contribution is 7.14. The first kappa shape index (κ1) is 16.7. The van der Waals surface area contributed by atoms with Crippen LogP contribution in [-0.2, 0) is 29.0 Å². The predicted octanol–water partition coefficient (Wildman–Crippen LogP) is 3.35. The summed E-state index contributed by atoms with van der Waals surface area (Å²) in [5.74, 6) is 0.0526. The molecule has 1 atom stereocenters. The van der Waals surface area contributed by atoms with Gasteiger partial charge in [0.1, 0.15) is 13.2 Å². The molecule has 0 saturated heterocycles. The van der Waals surface area contributed by atoms with E-state index >= 15 is 0 Å². The maximum absolute atomic E-state index is 12.2. The van der Waals surface area contributed by atoms with Crippen LogP contribution < -0.4 is 5.32 Å². The van der Waals surface area contributed by atoms with Gasteiger partial charge in [-0.05, 0) is 42.4 Å². The highest BCUT2D eigenvalue weighted by Crippen LogP contribution is 2.32. The molecule has 1 aromatic heterocycles. The monoisotopic (exact) mass is 343 g/mol. The smallest absolute Gasteiger partial charge is 0.325 e. The molecule has 1 aromatic carbocycles. The Bertz CT molecular complexity index is 723. The summed E-state index contributed by atoms with van der Waals surface area (Å²) in [5.41, 5.74) is 2.22. The summed E-state index contributed by atoms with van der Waals surface area (Å²) in [6.07, 6.45) is 3.27. The lowest BCUT2D eigenvalue weighted by molar-refractivity contribution is -0.143. The number of hydrogen-bond donors (Lipinski definition) is 1. The fraction of sp³-hybridized carbons (Fsp3) is 0.368. The Morgan fingerprint density at radius 1 is 1.29 bits per heavy atom. The number of ether oxygens (including phenoxy) is 1. The lowest BCUT2D eigenvalue weighted by atomic mass is 9.90. The van der Waals surface area contributed by atoms with Crippen molar-refractivity contribution >= 4 is 23.2 Å². The van der Waals surface area contributed by atoms with Crippen molar-refractivity contribution in [2.75, 3.05) is 6.54 Å². The van der Waals surface area contributed by atoms with Crippen LogP contribution in [-0.4, -0.2) is 18.4 Å². The van der Waals surface area contributed by atoms with Gasteiger partial charge in [0.05, 0.1) is 4.88 Å². The SMILES string of the molecule is CC1CCc2sc(C(=O)NCC(=O)OCc3ccccc3)cc2C1. The highest BCUT2D eigenvalue weighted by atomic mass is 32.1. The van der Waals surface area contributed by atoms with E-state index in [4.69, 9.17) is 4.74 Å². The second kappa shape index (κ2) is 7.62. The van der Waals surface area contributed by atoms with Gasteiger partial charge in [0.15, 0.2) is 0 Å². The molecule has 3 rings (SSSR count). The zero-order valence-corrected chi connectivity index (χ0v) is 14.5. The van der Waals surface area contributed by atoms with Crippen molar-refractivity contribution < 1.29 is 14.3 Å². The molecule has 0 bridgehead atoms. The molecule has 24 heavy (non-hydrogen) atoms. The predicted molar refractivity (Wildman–Crippen MR) is 94.1 cm³/mol. The minimum absolute atomic E-state index is 0.107. The second-order valence-corrected chi connectivity index (χ2v) is 7.37. The zero-order chi connectivity index (χ0) is 16.9. The molecule has 2 aromatic rings. The Labute approximate surface area is 145 Å². The highest BCUT2D eigenvalue weighted by Gasteiger charge is 2.20. The van der Waals surface area contributed by atoms with Crippen LogP contribution in [0.1, 0.15) is 39.0 Å². The molecular formula is C19H21NO3S.